The normalized spacial score (nSPS) is 16.9. The van der Waals surface area contributed by atoms with Crippen molar-refractivity contribution in [3.63, 3.8) is 0 Å². The molecule has 1 aliphatic rings. The number of nitrogens with zero attached hydrogens (tertiary/aromatic N) is 3. The fourth-order valence-electron chi connectivity index (χ4n) is 2.70. The van der Waals surface area contributed by atoms with Crippen LogP contribution in [0.2, 0.25) is 5.02 Å². The van der Waals surface area contributed by atoms with Crippen LogP contribution in [0.1, 0.15) is 30.5 Å². The standard InChI is InChI=1S/C17H20ClN3OS/c1-12(14-7-3-4-8-15(14)18)11-22-17-16(19-23-20-17)13-6-5-9-21(2)10-13/h3-4,6-8,12H,5,9-11H2,1-2H3. The molecule has 2 aromatic rings. The number of halogens is 1. The Labute approximate surface area is 146 Å². The first-order valence-electron chi connectivity index (χ1n) is 7.73. The van der Waals surface area contributed by atoms with Gasteiger partial charge in [-0.25, -0.2) is 0 Å². The Morgan fingerprint density at radius 1 is 1.35 bits per heavy atom. The maximum absolute atomic E-state index is 6.25. The van der Waals surface area contributed by atoms with E-state index in [1.54, 1.807) is 0 Å². The molecule has 0 amide bonds. The van der Waals surface area contributed by atoms with Gasteiger partial charge < -0.3 is 9.64 Å². The second kappa shape index (κ2) is 7.43. The highest BCUT2D eigenvalue weighted by Crippen LogP contribution is 2.29. The molecule has 1 aromatic carbocycles. The Kier molecular flexibility index (Phi) is 5.30. The maximum Gasteiger partial charge on any atom is 0.253 e. The van der Waals surface area contributed by atoms with Crippen LogP contribution in [-0.4, -0.2) is 40.4 Å². The van der Waals surface area contributed by atoms with Gasteiger partial charge >= 0.3 is 0 Å². The van der Waals surface area contributed by atoms with E-state index in [2.05, 4.69) is 33.7 Å². The summed E-state index contributed by atoms with van der Waals surface area (Å²) in [6.45, 7) is 4.61. The smallest absolute Gasteiger partial charge is 0.253 e. The Hall–Kier alpha value is -1.43. The molecule has 23 heavy (non-hydrogen) atoms. The van der Waals surface area contributed by atoms with Crippen LogP contribution < -0.4 is 4.74 Å². The van der Waals surface area contributed by atoms with Crippen LogP contribution in [0.4, 0.5) is 0 Å². The Morgan fingerprint density at radius 2 is 2.17 bits per heavy atom. The van der Waals surface area contributed by atoms with Crippen molar-refractivity contribution < 1.29 is 4.74 Å². The molecule has 0 saturated carbocycles. The molecule has 0 aliphatic carbocycles. The summed E-state index contributed by atoms with van der Waals surface area (Å²) in [6, 6.07) is 7.88. The van der Waals surface area contributed by atoms with Gasteiger partial charge in [0.25, 0.3) is 5.88 Å². The molecule has 122 valence electrons. The van der Waals surface area contributed by atoms with Crippen molar-refractivity contribution in [2.75, 3.05) is 26.7 Å². The van der Waals surface area contributed by atoms with Gasteiger partial charge in [0.1, 0.15) is 5.69 Å². The molecule has 0 bridgehead atoms. The molecule has 2 heterocycles. The molecule has 3 rings (SSSR count). The topological polar surface area (TPSA) is 38.3 Å². The summed E-state index contributed by atoms with van der Waals surface area (Å²) in [4.78, 5) is 2.28. The number of aromatic nitrogens is 2. The van der Waals surface area contributed by atoms with Crippen molar-refractivity contribution in [3.8, 4) is 5.88 Å². The minimum Gasteiger partial charge on any atom is -0.475 e. The van der Waals surface area contributed by atoms with Crippen molar-refractivity contribution in [2.24, 2.45) is 0 Å². The predicted octanol–water partition coefficient (Wildman–Crippen LogP) is 4.09. The SMILES string of the molecule is CC(COc1nsnc1C1=CCCN(C)C1)c1ccccc1Cl. The number of likely N-dealkylation sites (N-methyl/N-ethyl adjacent to an activating group) is 1. The maximum atomic E-state index is 6.25. The molecule has 1 aromatic heterocycles. The fourth-order valence-corrected chi connectivity index (χ4v) is 3.56. The highest BCUT2D eigenvalue weighted by molar-refractivity contribution is 6.99. The summed E-state index contributed by atoms with van der Waals surface area (Å²) < 4.78 is 14.7. The van der Waals surface area contributed by atoms with E-state index in [1.807, 2.05) is 24.3 Å². The van der Waals surface area contributed by atoms with Gasteiger partial charge in [-0.05, 0) is 30.7 Å². The molecule has 0 saturated heterocycles. The van der Waals surface area contributed by atoms with E-state index in [9.17, 15) is 0 Å². The fraction of sp³-hybridized carbons (Fsp3) is 0.412. The summed E-state index contributed by atoms with van der Waals surface area (Å²) >= 11 is 7.45. The van der Waals surface area contributed by atoms with Crippen LogP contribution >= 0.6 is 23.3 Å². The monoisotopic (exact) mass is 349 g/mol. The molecule has 4 nitrogen and oxygen atoms in total. The molecule has 6 heteroatoms. The average Bonchev–Trinajstić information content (AvgIpc) is 3.01. The largest absolute Gasteiger partial charge is 0.475 e. The van der Waals surface area contributed by atoms with Crippen molar-refractivity contribution in [1.82, 2.24) is 13.6 Å². The Bertz CT molecular complexity index is 701. The van der Waals surface area contributed by atoms with Gasteiger partial charge in [-0.15, -0.1) is 4.37 Å². The Balaban J connectivity index is 1.69. The number of benzene rings is 1. The first kappa shape index (κ1) is 16.4. The lowest BCUT2D eigenvalue weighted by atomic mass is 10.0. The van der Waals surface area contributed by atoms with Gasteiger partial charge in [0.15, 0.2) is 0 Å². The molecule has 0 radical (unpaired) electrons. The number of hydrogen-bond acceptors (Lipinski definition) is 5. The molecule has 1 atom stereocenters. The third-order valence-electron chi connectivity index (χ3n) is 4.01. The van der Waals surface area contributed by atoms with Crippen molar-refractivity contribution in [2.45, 2.75) is 19.3 Å². The lowest BCUT2D eigenvalue weighted by Gasteiger charge is -2.22. The van der Waals surface area contributed by atoms with Gasteiger partial charge in [0.2, 0.25) is 0 Å². The molecule has 1 unspecified atom stereocenters. The Morgan fingerprint density at radius 3 is 2.96 bits per heavy atom. The summed E-state index contributed by atoms with van der Waals surface area (Å²) in [7, 11) is 2.12. The number of ether oxygens (including phenoxy) is 1. The highest BCUT2D eigenvalue weighted by Gasteiger charge is 2.19. The van der Waals surface area contributed by atoms with Gasteiger partial charge in [0, 0.05) is 24.0 Å². The van der Waals surface area contributed by atoms with Crippen LogP contribution in [0, 0.1) is 0 Å². The van der Waals surface area contributed by atoms with E-state index in [4.69, 9.17) is 16.3 Å². The van der Waals surface area contributed by atoms with Crippen LogP contribution in [0.3, 0.4) is 0 Å². The minimum atomic E-state index is 0.196. The summed E-state index contributed by atoms with van der Waals surface area (Å²) in [6.07, 6.45) is 3.28. The lowest BCUT2D eigenvalue weighted by molar-refractivity contribution is 0.285. The second-order valence-corrected chi connectivity index (χ2v) is 6.84. The van der Waals surface area contributed by atoms with Gasteiger partial charge in [-0.3, -0.25) is 0 Å². The van der Waals surface area contributed by atoms with Gasteiger partial charge in [-0.1, -0.05) is 42.8 Å². The number of hydrogen-bond donors (Lipinski definition) is 0. The van der Waals surface area contributed by atoms with E-state index in [0.717, 1.165) is 35.8 Å². The van der Waals surface area contributed by atoms with E-state index >= 15 is 0 Å². The van der Waals surface area contributed by atoms with E-state index in [0.29, 0.717) is 12.5 Å². The molecule has 0 N–H and O–H groups in total. The van der Waals surface area contributed by atoms with Crippen molar-refractivity contribution in [1.29, 1.82) is 0 Å². The summed E-state index contributed by atoms with van der Waals surface area (Å²) in [5, 5.41) is 0.775. The first-order valence-corrected chi connectivity index (χ1v) is 8.83. The molecule has 1 aliphatic heterocycles. The van der Waals surface area contributed by atoms with Gasteiger partial charge in [0.05, 0.1) is 18.3 Å². The zero-order chi connectivity index (χ0) is 16.2. The van der Waals surface area contributed by atoms with Crippen LogP contribution in [0.25, 0.3) is 5.57 Å². The number of rotatable bonds is 5. The predicted molar refractivity (Wildman–Crippen MR) is 95.4 cm³/mol. The average molecular weight is 350 g/mol. The molecular weight excluding hydrogens is 330 g/mol. The lowest BCUT2D eigenvalue weighted by Crippen LogP contribution is -2.25. The third kappa shape index (κ3) is 3.91. The van der Waals surface area contributed by atoms with Crippen LogP contribution in [-0.2, 0) is 0 Å². The zero-order valence-corrected chi connectivity index (χ0v) is 14.9. The van der Waals surface area contributed by atoms with E-state index in [-0.39, 0.29) is 5.92 Å². The molecule has 0 fully saturated rings. The quantitative estimate of drug-likeness (QED) is 0.814. The summed E-state index contributed by atoms with van der Waals surface area (Å²) in [5.41, 5.74) is 3.18. The summed E-state index contributed by atoms with van der Waals surface area (Å²) in [5.74, 6) is 0.830. The highest BCUT2D eigenvalue weighted by atomic mass is 35.5. The van der Waals surface area contributed by atoms with Crippen molar-refractivity contribution in [3.05, 3.63) is 46.6 Å². The second-order valence-electron chi connectivity index (χ2n) is 5.91. The van der Waals surface area contributed by atoms with Gasteiger partial charge in [-0.2, -0.15) is 4.37 Å². The van der Waals surface area contributed by atoms with Crippen LogP contribution in [0.15, 0.2) is 30.3 Å². The van der Waals surface area contributed by atoms with Crippen LogP contribution in [0.5, 0.6) is 5.88 Å². The third-order valence-corrected chi connectivity index (χ3v) is 4.87. The van der Waals surface area contributed by atoms with Crippen molar-refractivity contribution >= 4 is 28.9 Å². The van der Waals surface area contributed by atoms with E-state index < -0.39 is 0 Å². The zero-order valence-electron chi connectivity index (χ0n) is 13.3. The molecule has 0 spiro atoms. The van der Waals surface area contributed by atoms with E-state index in [1.165, 1.54) is 17.3 Å². The first-order chi connectivity index (χ1) is 11.1. The molecular formula is C17H20ClN3OS. The minimum absolute atomic E-state index is 0.196.